The minimum Gasteiger partial charge on any atom is -0.335 e. The van der Waals surface area contributed by atoms with E-state index in [0.717, 1.165) is 34.6 Å². The van der Waals surface area contributed by atoms with Gasteiger partial charge in [-0.15, -0.1) is 0 Å². The van der Waals surface area contributed by atoms with Crippen LogP contribution >= 0.6 is 0 Å². The Bertz CT molecular complexity index is 842. The van der Waals surface area contributed by atoms with Crippen molar-refractivity contribution in [1.82, 2.24) is 15.3 Å². The molecule has 2 amide bonds. The summed E-state index contributed by atoms with van der Waals surface area (Å²) in [5.41, 5.74) is 2.32. The number of aromatic nitrogens is 2. The molecular formula is C16H14N4O. The van der Waals surface area contributed by atoms with Crippen molar-refractivity contribution in [2.75, 3.05) is 5.32 Å². The van der Waals surface area contributed by atoms with Gasteiger partial charge in [0.15, 0.2) is 0 Å². The summed E-state index contributed by atoms with van der Waals surface area (Å²) >= 11 is 0. The van der Waals surface area contributed by atoms with Crippen molar-refractivity contribution in [2.24, 2.45) is 0 Å². The van der Waals surface area contributed by atoms with E-state index >= 15 is 0 Å². The molecular weight excluding hydrogens is 264 g/mol. The van der Waals surface area contributed by atoms with Gasteiger partial charge in [-0.3, -0.25) is 9.97 Å². The first-order valence-corrected chi connectivity index (χ1v) is 7.01. The molecule has 2 N–H and O–H groups in total. The van der Waals surface area contributed by atoms with Gasteiger partial charge in [-0.25, -0.2) is 4.79 Å². The number of rotatable bonds is 2. The monoisotopic (exact) mass is 278 g/mol. The van der Waals surface area contributed by atoms with Crippen LogP contribution in [0.3, 0.4) is 0 Å². The highest BCUT2D eigenvalue weighted by atomic mass is 16.2. The van der Waals surface area contributed by atoms with Crippen LogP contribution in [0.4, 0.5) is 10.5 Å². The third-order valence-electron chi connectivity index (χ3n) is 3.63. The highest BCUT2D eigenvalue weighted by Gasteiger charge is 2.23. The van der Waals surface area contributed by atoms with E-state index in [0.29, 0.717) is 11.7 Å². The van der Waals surface area contributed by atoms with Gasteiger partial charge in [0.2, 0.25) is 0 Å². The van der Waals surface area contributed by atoms with E-state index in [1.807, 2.05) is 30.3 Å². The summed E-state index contributed by atoms with van der Waals surface area (Å²) in [5.74, 6) is 0. The fourth-order valence-electron chi connectivity index (χ4n) is 2.47. The predicted octanol–water partition coefficient (Wildman–Crippen LogP) is 3.07. The van der Waals surface area contributed by atoms with Crippen LogP contribution in [0.25, 0.3) is 21.8 Å². The van der Waals surface area contributed by atoms with Crippen LogP contribution < -0.4 is 10.6 Å². The number of urea groups is 1. The van der Waals surface area contributed by atoms with E-state index in [2.05, 4.69) is 20.6 Å². The lowest BCUT2D eigenvalue weighted by Crippen LogP contribution is -2.30. The standard InChI is InChI=1S/C16H14N4O/c21-16(19-10-5-6-10)20-14-9-13-11(3-1-7-17-13)12-4-2-8-18-15(12)14/h1-4,7-10H,5-6H2,(H2,19,20,21). The second-order valence-electron chi connectivity index (χ2n) is 5.27. The van der Waals surface area contributed by atoms with Crippen molar-refractivity contribution in [1.29, 1.82) is 0 Å². The molecule has 0 saturated heterocycles. The first kappa shape index (κ1) is 12.1. The molecule has 0 bridgehead atoms. The highest BCUT2D eigenvalue weighted by Crippen LogP contribution is 2.29. The first-order chi connectivity index (χ1) is 10.3. The van der Waals surface area contributed by atoms with Gasteiger partial charge in [0.05, 0.1) is 16.7 Å². The van der Waals surface area contributed by atoms with Gasteiger partial charge in [0.1, 0.15) is 0 Å². The maximum atomic E-state index is 12.0. The zero-order valence-electron chi connectivity index (χ0n) is 11.3. The molecule has 0 spiro atoms. The number of hydrogen-bond donors (Lipinski definition) is 2. The topological polar surface area (TPSA) is 66.9 Å². The minimum atomic E-state index is -0.181. The predicted molar refractivity (Wildman–Crippen MR) is 82.2 cm³/mol. The summed E-state index contributed by atoms with van der Waals surface area (Å²) in [6.45, 7) is 0. The Morgan fingerprint density at radius 2 is 1.86 bits per heavy atom. The van der Waals surface area contributed by atoms with Gasteiger partial charge in [0.25, 0.3) is 0 Å². The SMILES string of the molecule is O=C(Nc1cc2ncccc2c2cccnc12)NC1CC1. The van der Waals surface area contributed by atoms with Gasteiger partial charge in [-0.05, 0) is 31.0 Å². The van der Waals surface area contributed by atoms with Gasteiger partial charge in [-0.2, -0.15) is 0 Å². The van der Waals surface area contributed by atoms with Crippen LogP contribution in [0.1, 0.15) is 12.8 Å². The van der Waals surface area contributed by atoms with E-state index in [1.165, 1.54) is 0 Å². The minimum absolute atomic E-state index is 0.181. The molecule has 0 unspecified atom stereocenters. The fraction of sp³-hybridized carbons (Fsp3) is 0.188. The number of hydrogen-bond acceptors (Lipinski definition) is 3. The van der Waals surface area contributed by atoms with Crippen molar-refractivity contribution in [3.63, 3.8) is 0 Å². The van der Waals surface area contributed by atoms with Crippen LogP contribution in [0.5, 0.6) is 0 Å². The molecule has 1 aromatic carbocycles. The summed E-state index contributed by atoms with van der Waals surface area (Å²) in [6, 6.07) is 9.82. The number of nitrogens with one attached hydrogen (secondary N) is 2. The molecule has 21 heavy (non-hydrogen) atoms. The summed E-state index contributed by atoms with van der Waals surface area (Å²) in [4.78, 5) is 20.8. The molecule has 0 radical (unpaired) electrons. The number of carbonyl (C=O) groups is 1. The molecule has 5 nitrogen and oxygen atoms in total. The van der Waals surface area contributed by atoms with Crippen molar-refractivity contribution in [3.8, 4) is 0 Å². The maximum Gasteiger partial charge on any atom is 0.319 e. The Morgan fingerprint density at radius 1 is 1.10 bits per heavy atom. The summed E-state index contributed by atoms with van der Waals surface area (Å²) in [6.07, 6.45) is 5.60. The number of carbonyl (C=O) groups excluding carboxylic acids is 1. The van der Waals surface area contributed by atoms with Crippen molar-refractivity contribution in [3.05, 3.63) is 42.7 Å². The first-order valence-electron chi connectivity index (χ1n) is 7.01. The smallest absolute Gasteiger partial charge is 0.319 e. The van der Waals surface area contributed by atoms with E-state index in [1.54, 1.807) is 12.4 Å². The molecule has 2 heterocycles. The number of amides is 2. The normalized spacial score (nSPS) is 14.3. The van der Waals surface area contributed by atoms with Crippen molar-refractivity contribution in [2.45, 2.75) is 18.9 Å². The van der Waals surface area contributed by atoms with Gasteiger partial charge in [0, 0.05) is 29.2 Å². The van der Waals surface area contributed by atoms with E-state index in [4.69, 9.17) is 0 Å². The lowest BCUT2D eigenvalue weighted by atomic mass is 10.1. The second kappa shape index (κ2) is 4.70. The largest absolute Gasteiger partial charge is 0.335 e. The third-order valence-corrected chi connectivity index (χ3v) is 3.63. The van der Waals surface area contributed by atoms with Crippen LogP contribution in [-0.2, 0) is 0 Å². The maximum absolute atomic E-state index is 12.0. The molecule has 2 aromatic heterocycles. The second-order valence-corrected chi connectivity index (χ2v) is 5.27. The summed E-state index contributed by atoms with van der Waals surface area (Å²) in [5, 5.41) is 7.84. The number of benzene rings is 1. The number of fused-ring (bicyclic) bond motifs is 3. The van der Waals surface area contributed by atoms with Crippen molar-refractivity contribution >= 4 is 33.5 Å². The Balaban J connectivity index is 1.83. The molecule has 5 heteroatoms. The quantitative estimate of drug-likeness (QED) is 0.708. The average Bonchev–Trinajstić information content (AvgIpc) is 3.31. The number of pyridine rings is 2. The molecule has 0 aliphatic heterocycles. The van der Waals surface area contributed by atoms with Crippen molar-refractivity contribution < 1.29 is 4.79 Å². The van der Waals surface area contributed by atoms with Gasteiger partial charge in [-0.1, -0.05) is 12.1 Å². The molecule has 1 saturated carbocycles. The number of nitrogens with zero attached hydrogens (tertiary/aromatic N) is 2. The summed E-state index contributed by atoms with van der Waals surface area (Å²) in [7, 11) is 0. The molecule has 4 rings (SSSR count). The molecule has 1 aliphatic carbocycles. The third kappa shape index (κ3) is 2.27. The molecule has 0 atom stereocenters. The Labute approximate surface area is 121 Å². The van der Waals surface area contributed by atoms with Crippen LogP contribution in [0.2, 0.25) is 0 Å². The Kier molecular flexibility index (Phi) is 2.70. The lowest BCUT2D eigenvalue weighted by Gasteiger charge is -2.11. The van der Waals surface area contributed by atoms with Crippen LogP contribution in [0, 0.1) is 0 Å². The summed E-state index contributed by atoms with van der Waals surface area (Å²) < 4.78 is 0. The van der Waals surface area contributed by atoms with Crippen LogP contribution in [-0.4, -0.2) is 22.0 Å². The van der Waals surface area contributed by atoms with Gasteiger partial charge < -0.3 is 10.6 Å². The van der Waals surface area contributed by atoms with E-state index in [-0.39, 0.29) is 6.03 Å². The molecule has 104 valence electrons. The molecule has 1 aliphatic rings. The van der Waals surface area contributed by atoms with E-state index in [9.17, 15) is 4.79 Å². The highest BCUT2D eigenvalue weighted by molar-refractivity contribution is 6.12. The zero-order chi connectivity index (χ0) is 14.2. The van der Waals surface area contributed by atoms with Crippen LogP contribution in [0.15, 0.2) is 42.7 Å². The lowest BCUT2D eigenvalue weighted by molar-refractivity contribution is 0.252. The van der Waals surface area contributed by atoms with E-state index < -0.39 is 0 Å². The molecule has 3 aromatic rings. The average molecular weight is 278 g/mol. The zero-order valence-corrected chi connectivity index (χ0v) is 11.3. The van der Waals surface area contributed by atoms with Gasteiger partial charge >= 0.3 is 6.03 Å². The Morgan fingerprint density at radius 3 is 2.67 bits per heavy atom. The number of anilines is 1. The molecule has 1 fully saturated rings. The Hall–Kier alpha value is -2.69. The fourth-order valence-corrected chi connectivity index (χ4v) is 2.47.